The lowest BCUT2D eigenvalue weighted by molar-refractivity contribution is -0.121. The van der Waals surface area contributed by atoms with Gasteiger partial charge in [0.1, 0.15) is 5.75 Å². The van der Waals surface area contributed by atoms with Crippen LogP contribution in [0.1, 0.15) is 33.2 Å². The Morgan fingerprint density at radius 2 is 1.55 bits per heavy atom. The van der Waals surface area contributed by atoms with Crippen LogP contribution in [0.4, 0.5) is 16.2 Å². The molecule has 8 nitrogen and oxygen atoms in total. The van der Waals surface area contributed by atoms with Gasteiger partial charge in [-0.05, 0) is 66.6 Å². The van der Waals surface area contributed by atoms with Crippen molar-refractivity contribution in [3.63, 3.8) is 0 Å². The zero-order valence-electron chi connectivity index (χ0n) is 22.2. The highest BCUT2D eigenvalue weighted by Gasteiger charge is 2.47. The molecule has 0 spiro atoms. The number of hydrogen-bond acceptors (Lipinski definition) is 5. The first-order valence-electron chi connectivity index (χ1n) is 12.9. The fourth-order valence-corrected chi connectivity index (χ4v) is 4.58. The van der Waals surface area contributed by atoms with E-state index in [1.807, 2.05) is 61.5 Å². The van der Waals surface area contributed by atoms with Gasteiger partial charge in [-0.25, -0.2) is 4.79 Å². The van der Waals surface area contributed by atoms with Gasteiger partial charge in [-0.1, -0.05) is 60.2 Å². The number of anilines is 2. The Hall–Kier alpha value is -5.11. The number of nitrogens with one attached hydrogen (secondary N) is 2. The number of ether oxygens (including phenoxy) is 2. The molecule has 2 N–H and O–H groups in total. The molecule has 3 amide bonds. The van der Waals surface area contributed by atoms with Crippen molar-refractivity contribution in [2.24, 2.45) is 0 Å². The summed E-state index contributed by atoms with van der Waals surface area (Å²) in [6, 6.07) is 29.7. The predicted octanol–water partition coefficient (Wildman–Crippen LogP) is 5.96. The molecule has 1 fully saturated rings. The van der Waals surface area contributed by atoms with Gasteiger partial charge in [0.2, 0.25) is 0 Å². The Morgan fingerprint density at radius 3 is 2.25 bits per heavy atom. The standard InChI is InChI=1S/C32H29N3O5/c1-21-11-13-24(14-12-21)30(36)33-26-17-15-23(16-18-26)29-28(31(37)34-25-8-4-3-5-9-25)35(32(38)40-29)20-22-7-6-10-27(19-22)39-2/h3-19,28-29H,20H2,1-2H3,(H,33,36)(H,34,37)/t28-,29-/m1/s1. The molecular formula is C32H29N3O5. The molecule has 0 aliphatic carbocycles. The molecule has 0 saturated carbocycles. The second kappa shape index (κ2) is 11.7. The molecule has 40 heavy (non-hydrogen) atoms. The van der Waals surface area contributed by atoms with E-state index in [4.69, 9.17) is 9.47 Å². The Kier molecular flexibility index (Phi) is 7.77. The number of hydrogen-bond donors (Lipinski definition) is 2. The molecule has 2 atom stereocenters. The summed E-state index contributed by atoms with van der Waals surface area (Å²) in [5, 5.41) is 5.78. The van der Waals surface area contributed by atoms with Crippen LogP contribution in [0.25, 0.3) is 0 Å². The molecule has 4 aromatic carbocycles. The molecular weight excluding hydrogens is 506 g/mol. The molecule has 1 saturated heterocycles. The lowest BCUT2D eigenvalue weighted by Gasteiger charge is -2.24. The second-order valence-corrected chi connectivity index (χ2v) is 9.53. The molecule has 1 heterocycles. The summed E-state index contributed by atoms with van der Waals surface area (Å²) in [6.45, 7) is 2.12. The van der Waals surface area contributed by atoms with Crippen LogP contribution >= 0.6 is 0 Å². The predicted molar refractivity (Wildman–Crippen MR) is 152 cm³/mol. The van der Waals surface area contributed by atoms with Crippen LogP contribution in [0.5, 0.6) is 5.75 Å². The molecule has 5 rings (SSSR count). The summed E-state index contributed by atoms with van der Waals surface area (Å²) in [5.41, 5.74) is 4.23. The van der Waals surface area contributed by atoms with E-state index in [9.17, 15) is 14.4 Å². The summed E-state index contributed by atoms with van der Waals surface area (Å²) in [4.78, 5) is 40.8. The Bertz CT molecular complexity index is 1500. The minimum atomic E-state index is -0.938. The lowest BCUT2D eigenvalue weighted by atomic mass is 10.00. The maximum absolute atomic E-state index is 13.6. The second-order valence-electron chi connectivity index (χ2n) is 9.53. The van der Waals surface area contributed by atoms with Crippen molar-refractivity contribution < 1.29 is 23.9 Å². The monoisotopic (exact) mass is 535 g/mol. The highest BCUT2D eigenvalue weighted by Crippen LogP contribution is 2.35. The first-order chi connectivity index (χ1) is 19.4. The normalized spacial score (nSPS) is 16.2. The molecule has 0 unspecified atom stereocenters. The zero-order valence-corrected chi connectivity index (χ0v) is 22.2. The van der Waals surface area contributed by atoms with Crippen LogP contribution in [0, 0.1) is 6.92 Å². The zero-order chi connectivity index (χ0) is 28.1. The van der Waals surface area contributed by atoms with Crippen molar-refractivity contribution in [1.29, 1.82) is 0 Å². The van der Waals surface area contributed by atoms with Crippen LogP contribution in [-0.2, 0) is 16.1 Å². The number of carbonyl (C=O) groups excluding carboxylic acids is 3. The van der Waals surface area contributed by atoms with E-state index in [1.165, 1.54) is 4.90 Å². The van der Waals surface area contributed by atoms with E-state index in [0.717, 1.165) is 11.1 Å². The summed E-state index contributed by atoms with van der Waals surface area (Å²) in [7, 11) is 1.57. The highest BCUT2D eigenvalue weighted by molar-refractivity contribution is 6.04. The topological polar surface area (TPSA) is 97.0 Å². The molecule has 1 aliphatic heterocycles. The number of amides is 3. The summed E-state index contributed by atoms with van der Waals surface area (Å²) < 4.78 is 11.1. The number of cyclic esters (lactones) is 1. The van der Waals surface area contributed by atoms with Crippen LogP contribution in [-0.4, -0.2) is 36.0 Å². The van der Waals surface area contributed by atoms with Gasteiger partial charge in [0.25, 0.3) is 11.8 Å². The smallest absolute Gasteiger partial charge is 0.411 e. The van der Waals surface area contributed by atoms with Gasteiger partial charge in [-0.15, -0.1) is 0 Å². The first-order valence-corrected chi connectivity index (χ1v) is 12.9. The maximum atomic E-state index is 13.6. The van der Waals surface area contributed by atoms with Crippen molar-refractivity contribution >= 4 is 29.3 Å². The van der Waals surface area contributed by atoms with Gasteiger partial charge >= 0.3 is 6.09 Å². The van der Waals surface area contributed by atoms with Crippen LogP contribution in [0.15, 0.2) is 103 Å². The van der Waals surface area contributed by atoms with Crippen molar-refractivity contribution in [1.82, 2.24) is 4.90 Å². The molecule has 4 aromatic rings. The Morgan fingerprint density at radius 1 is 0.850 bits per heavy atom. The van der Waals surface area contributed by atoms with Gasteiger partial charge < -0.3 is 20.1 Å². The third kappa shape index (κ3) is 5.96. The number of benzene rings is 4. The van der Waals surface area contributed by atoms with Crippen LogP contribution in [0.3, 0.4) is 0 Å². The van der Waals surface area contributed by atoms with Crippen molar-refractivity contribution in [2.75, 3.05) is 17.7 Å². The minimum absolute atomic E-state index is 0.157. The summed E-state index contributed by atoms with van der Waals surface area (Å²) in [5.74, 6) is 0.0431. The maximum Gasteiger partial charge on any atom is 0.411 e. The number of aryl methyl sites for hydroxylation is 1. The fraction of sp³-hybridized carbons (Fsp3) is 0.156. The third-order valence-corrected chi connectivity index (χ3v) is 6.69. The van der Waals surface area contributed by atoms with E-state index in [-0.39, 0.29) is 18.4 Å². The third-order valence-electron chi connectivity index (χ3n) is 6.69. The molecule has 0 aromatic heterocycles. The van der Waals surface area contributed by atoms with Crippen molar-refractivity contribution in [2.45, 2.75) is 25.6 Å². The van der Waals surface area contributed by atoms with Gasteiger partial charge in [-0.2, -0.15) is 0 Å². The van der Waals surface area contributed by atoms with Gasteiger partial charge in [0.05, 0.1) is 13.7 Å². The Balaban J connectivity index is 1.39. The van der Waals surface area contributed by atoms with Crippen LogP contribution < -0.4 is 15.4 Å². The first kappa shape index (κ1) is 26.5. The fourth-order valence-electron chi connectivity index (χ4n) is 4.58. The largest absolute Gasteiger partial charge is 0.497 e. The number of para-hydroxylation sites is 1. The number of rotatable bonds is 8. The van der Waals surface area contributed by atoms with Crippen LogP contribution in [0.2, 0.25) is 0 Å². The summed E-state index contributed by atoms with van der Waals surface area (Å²) >= 11 is 0. The van der Waals surface area contributed by atoms with Gasteiger partial charge in [0.15, 0.2) is 12.1 Å². The van der Waals surface area contributed by atoms with Crippen molar-refractivity contribution in [3.05, 3.63) is 125 Å². The molecule has 0 bridgehead atoms. The quantitative estimate of drug-likeness (QED) is 0.290. The van der Waals surface area contributed by atoms with Crippen molar-refractivity contribution in [3.8, 4) is 5.75 Å². The van der Waals surface area contributed by atoms with E-state index in [2.05, 4.69) is 10.6 Å². The Labute approximate surface area is 232 Å². The van der Waals surface area contributed by atoms with E-state index < -0.39 is 18.2 Å². The highest BCUT2D eigenvalue weighted by atomic mass is 16.6. The van der Waals surface area contributed by atoms with E-state index in [1.54, 1.807) is 55.6 Å². The number of carbonyl (C=O) groups is 3. The van der Waals surface area contributed by atoms with Gasteiger partial charge in [-0.3, -0.25) is 14.5 Å². The molecule has 0 radical (unpaired) electrons. The molecule has 8 heteroatoms. The number of methoxy groups -OCH3 is 1. The molecule has 202 valence electrons. The summed E-state index contributed by atoms with van der Waals surface area (Å²) in [6.07, 6.45) is -1.46. The lowest BCUT2D eigenvalue weighted by Crippen LogP contribution is -2.43. The molecule has 1 aliphatic rings. The van der Waals surface area contributed by atoms with E-state index >= 15 is 0 Å². The average Bonchev–Trinajstić information content (AvgIpc) is 3.30. The van der Waals surface area contributed by atoms with Gasteiger partial charge in [0, 0.05) is 16.9 Å². The van der Waals surface area contributed by atoms with E-state index in [0.29, 0.717) is 28.3 Å². The minimum Gasteiger partial charge on any atom is -0.497 e. The SMILES string of the molecule is COc1cccc(CN2C(=O)O[C@H](c3ccc(NC(=O)c4ccc(C)cc4)cc3)[C@@H]2C(=O)Nc2ccccc2)c1. The number of nitrogens with zero attached hydrogens (tertiary/aromatic N) is 1. The average molecular weight is 536 g/mol.